The molecule has 5 heteroatoms. The molecule has 0 atom stereocenters. The van der Waals surface area contributed by atoms with Gasteiger partial charge in [0.15, 0.2) is 0 Å². The molecule has 0 unspecified atom stereocenters. The molecule has 106 valence electrons. The summed E-state index contributed by atoms with van der Waals surface area (Å²) in [6.07, 6.45) is 1.79. The van der Waals surface area contributed by atoms with Crippen LogP contribution in [0.15, 0.2) is 34.8 Å². The minimum absolute atomic E-state index is 0.128. The number of rotatable bonds is 1. The third kappa shape index (κ3) is 2.61. The van der Waals surface area contributed by atoms with Gasteiger partial charge < -0.3 is 5.32 Å². The highest BCUT2D eigenvalue weighted by Gasteiger charge is 2.26. The van der Waals surface area contributed by atoms with E-state index in [2.05, 4.69) is 21.2 Å². The Hall–Kier alpha value is -1.29. The standard InChI is InChI=1S/C16H10BrCl2NO/c1-8-12(17)4-5-14-15(8)11(16(21)20-14)6-9-2-3-10(18)7-13(9)19/h2-7H,1H3,(H,20,21). The number of hydrogen-bond acceptors (Lipinski definition) is 1. The van der Waals surface area contributed by atoms with Crippen molar-refractivity contribution in [2.75, 3.05) is 5.32 Å². The molecule has 2 aromatic rings. The first-order chi connectivity index (χ1) is 9.97. The van der Waals surface area contributed by atoms with Crippen molar-refractivity contribution in [2.45, 2.75) is 6.92 Å². The molecule has 1 heterocycles. The van der Waals surface area contributed by atoms with Crippen molar-refractivity contribution in [2.24, 2.45) is 0 Å². The van der Waals surface area contributed by atoms with Crippen molar-refractivity contribution in [3.63, 3.8) is 0 Å². The van der Waals surface area contributed by atoms with Crippen molar-refractivity contribution in [1.82, 2.24) is 0 Å². The van der Waals surface area contributed by atoms with Crippen LogP contribution in [-0.2, 0) is 4.79 Å². The van der Waals surface area contributed by atoms with E-state index in [9.17, 15) is 4.79 Å². The molecule has 3 rings (SSSR count). The van der Waals surface area contributed by atoms with Gasteiger partial charge >= 0.3 is 0 Å². The van der Waals surface area contributed by atoms with E-state index in [-0.39, 0.29) is 5.91 Å². The molecule has 1 N–H and O–H groups in total. The third-order valence-corrected chi connectivity index (χ3v) is 4.84. The molecule has 0 aromatic heterocycles. The second-order valence-electron chi connectivity index (χ2n) is 4.77. The third-order valence-electron chi connectivity index (χ3n) is 3.42. The molecule has 0 fully saturated rings. The largest absolute Gasteiger partial charge is 0.321 e. The number of halogens is 3. The summed E-state index contributed by atoms with van der Waals surface area (Å²) in [6, 6.07) is 9.02. The van der Waals surface area contributed by atoms with Gasteiger partial charge in [-0.25, -0.2) is 0 Å². The Bertz CT molecular complexity index is 799. The van der Waals surface area contributed by atoms with Crippen LogP contribution in [0.1, 0.15) is 16.7 Å². The van der Waals surface area contributed by atoms with Crippen LogP contribution in [0.5, 0.6) is 0 Å². The number of hydrogen-bond donors (Lipinski definition) is 1. The first-order valence-electron chi connectivity index (χ1n) is 6.25. The molecular weight excluding hydrogens is 373 g/mol. The maximum absolute atomic E-state index is 12.2. The highest BCUT2D eigenvalue weighted by atomic mass is 79.9. The van der Waals surface area contributed by atoms with Gasteiger partial charge in [-0.1, -0.05) is 45.2 Å². The van der Waals surface area contributed by atoms with Crippen molar-refractivity contribution in [1.29, 1.82) is 0 Å². The zero-order chi connectivity index (χ0) is 15.1. The number of anilines is 1. The van der Waals surface area contributed by atoms with Crippen LogP contribution in [0.25, 0.3) is 11.6 Å². The van der Waals surface area contributed by atoms with Crippen LogP contribution in [0.2, 0.25) is 10.0 Å². The Morgan fingerprint density at radius 2 is 1.95 bits per heavy atom. The van der Waals surface area contributed by atoms with E-state index in [1.54, 1.807) is 24.3 Å². The molecule has 21 heavy (non-hydrogen) atoms. The number of nitrogens with one attached hydrogen (secondary N) is 1. The maximum atomic E-state index is 12.2. The topological polar surface area (TPSA) is 29.1 Å². The van der Waals surface area contributed by atoms with Gasteiger partial charge in [0.1, 0.15) is 0 Å². The minimum Gasteiger partial charge on any atom is -0.321 e. The quantitative estimate of drug-likeness (QED) is 0.643. The lowest BCUT2D eigenvalue weighted by Crippen LogP contribution is -2.03. The molecule has 0 bridgehead atoms. The van der Waals surface area contributed by atoms with E-state index in [0.29, 0.717) is 15.6 Å². The molecule has 0 radical (unpaired) electrons. The lowest BCUT2D eigenvalue weighted by Gasteiger charge is -2.06. The van der Waals surface area contributed by atoms with Gasteiger partial charge in [0.2, 0.25) is 0 Å². The summed E-state index contributed by atoms with van der Waals surface area (Å²) < 4.78 is 0.964. The SMILES string of the molecule is Cc1c(Br)ccc2c1C(=Cc1ccc(Cl)cc1Cl)C(=O)N2. The summed E-state index contributed by atoms with van der Waals surface area (Å²) in [7, 11) is 0. The van der Waals surface area contributed by atoms with E-state index in [1.807, 2.05) is 19.1 Å². The lowest BCUT2D eigenvalue weighted by atomic mass is 9.99. The second kappa shape index (κ2) is 5.48. The number of fused-ring (bicyclic) bond motifs is 1. The predicted molar refractivity (Wildman–Crippen MR) is 91.8 cm³/mol. The van der Waals surface area contributed by atoms with Gasteiger partial charge in [0, 0.05) is 31.3 Å². The first-order valence-corrected chi connectivity index (χ1v) is 7.80. The van der Waals surface area contributed by atoms with Crippen molar-refractivity contribution >= 4 is 62.4 Å². The molecule has 0 spiro atoms. The fraction of sp³-hybridized carbons (Fsp3) is 0.0625. The Labute approximate surface area is 140 Å². The van der Waals surface area contributed by atoms with E-state index in [4.69, 9.17) is 23.2 Å². The predicted octanol–water partition coefficient (Wildman–Crippen LogP) is 5.56. The Balaban J connectivity index is 2.18. The molecule has 0 saturated heterocycles. The van der Waals surface area contributed by atoms with Gasteiger partial charge in [-0.15, -0.1) is 0 Å². The molecule has 1 amide bonds. The van der Waals surface area contributed by atoms with Crippen molar-refractivity contribution < 1.29 is 4.79 Å². The smallest absolute Gasteiger partial charge is 0.256 e. The van der Waals surface area contributed by atoms with E-state index >= 15 is 0 Å². The van der Waals surface area contributed by atoms with Crippen LogP contribution in [0.4, 0.5) is 5.69 Å². The molecule has 2 nitrogen and oxygen atoms in total. The zero-order valence-corrected chi connectivity index (χ0v) is 14.1. The maximum Gasteiger partial charge on any atom is 0.256 e. The summed E-state index contributed by atoms with van der Waals surface area (Å²) in [5.41, 5.74) is 4.10. The summed E-state index contributed by atoms with van der Waals surface area (Å²) >= 11 is 15.6. The Kier molecular flexibility index (Phi) is 3.82. The average molecular weight is 383 g/mol. The Morgan fingerprint density at radius 1 is 1.19 bits per heavy atom. The average Bonchev–Trinajstić information content (AvgIpc) is 2.74. The van der Waals surface area contributed by atoms with E-state index in [1.165, 1.54) is 0 Å². The zero-order valence-electron chi connectivity index (χ0n) is 11.0. The van der Waals surface area contributed by atoms with Crippen LogP contribution >= 0.6 is 39.1 Å². The van der Waals surface area contributed by atoms with Gasteiger partial charge in [0.05, 0.1) is 0 Å². The fourth-order valence-electron chi connectivity index (χ4n) is 2.35. The van der Waals surface area contributed by atoms with Crippen LogP contribution in [-0.4, -0.2) is 5.91 Å². The molecule has 0 saturated carbocycles. The van der Waals surface area contributed by atoms with Crippen LogP contribution < -0.4 is 5.32 Å². The second-order valence-corrected chi connectivity index (χ2v) is 6.47. The number of carbonyl (C=O) groups excluding carboxylic acids is 1. The number of benzene rings is 2. The summed E-state index contributed by atoms with van der Waals surface area (Å²) in [6.45, 7) is 1.97. The number of carbonyl (C=O) groups is 1. The van der Waals surface area contributed by atoms with Crippen molar-refractivity contribution in [3.8, 4) is 0 Å². The monoisotopic (exact) mass is 381 g/mol. The van der Waals surface area contributed by atoms with Crippen molar-refractivity contribution in [3.05, 3.63) is 61.5 Å². The Morgan fingerprint density at radius 3 is 2.67 bits per heavy atom. The normalized spacial score (nSPS) is 15.2. The van der Waals surface area contributed by atoms with Crippen LogP contribution in [0, 0.1) is 6.92 Å². The highest BCUT2D eigenvalue weighted by molar-refractivity contribution is 9.10. The van der Waals surface area contributed by atoms with Gasteiger partial charge in [-0.2, -0.15) is 0 Å². The lowest BCUT2D eigenvalue weighted by molar-refractivity contribution is -0.110. The molecule has 0 aliphatic carbocycles. The van der Waals surface area contributed by atoms with Gasteiger partial charge in [0.25, 0.3) is 5.91 Å². The highest BCUT2D eigenvalue weighted by Crippen LogP contribution is 2.39. The first kappa shape index (κ1) is 14.6. The van der Waals surface area contributed by atoms with Crippen LogP contribution in [0.3, 0.4) is 0 Å². The van der Waals surface area contributed by atoms with Gasteiger partial charge in [-0.3, -0.25) is 4.79 Å². The fourth-order valence-corrected chi connectivity index (χ4v) is 3.15. The molecular formula is C16H10BrCl2NO. The summed E-state index contributed by atoms with van der Waals surface area (Å²) in [5.74, 6) is -0.128. The summed E-state index contributed by atoms with van der Waals surface area (Å²) in [4.78, 5) is 12.2. The minimum atomic E-state index is -0.128. The van der Waals surface area contributed by atoms with E-state index < -0.39 is 0 Å². The number of amides is 1. The molecule has 2 aromatic carbocycles. The van der Waals surface area contributed by atoms with E-state index in [0.717, 1.165) is 26.9 Å². The summed E-state index contributed by atoms with van der Waals surface area (Å²) in [5, 5.41) is 3.95. The van der Waals surface area contributed by atoms with Gasteiger partial charge in [-0.05, 0) is 48.4 Å². The molecule has 1 aliphatic rings. The molecule has 1 aliphatic heterocycles.